The van der Waals surface area contributed by atoms with Crippen LogP contribution in [-0.2, 0) is 12.7 Å². The quantitative estimate of drug-likeness (QED) is 0.932. The largest absolute Gasteiger partial charge is 0.419 e. The van der Waals surface area contributed by atoms with Crippen LogP contribution in [0.1, 0.15) is 25.0 Å². The Balaban J connectivity index is 2.12. The molecular formula is C14H16F3N3. The molecule has 1 heterocycles. The Morgan fingerprint density at radius 3 is 2.35 bits per heavy atom. The van der Waals surface area contributed by atoms with Gasteiger partial charge in [-0.3, -0.25) is 0 Å². The molecule has 0 unspecified atom stereocenters. The first-order valence-electron chi connectivity index (χ1n) is 6.31. The van der Waals surface area contributed by atoms with Crippen molar-refractivity contribution in [2.75, 3.05) is 0 Å². The van der Waals surface area contributed by atoms with Crippen molar-refractivity contribution in [1.29, 1.82) is 0 Å². The maximum atomic E-state index is 12.5. The van der Waals surface area contributed by atoms with Crippen LogP contribution < -0.4 is 5.32 Å². The monoisotopic (exact) mass is 283 g/mol. The number of rotatable bonds is 4. The van der Waals surface area contributed by atoms with Crippen LogP contribution in [0.15, 0.2) is 36.7 Å². The summed E-state index contributed by atoms with van der Waals surface area (Å²) in [5, 5.41) is 7.01. The normalized spacial score (nSPS) is 12.1. The summed E-state index contributed by atoms with van der Waals surface area (Å²) >= 11 is 0. The maximum absolute atomic E-state index is 12.5. The zero-order chi connectivity index (χ0) is 14.8. The van der Waals surface area contributed by atoms with Crippen molar-refractivity contribution in [3.8, 4) is 5.69 Å². The molecule has 0 saturated heterocycles. The van der Waals surface area contributed by atoms with Crippen LogP contribution in [0.5, 0.6) is 0 Å². The number of hydrogen-bond donors (Lipinski definition) is 1. The summed E-state index contributed by atoms with van der Waals surface area (Å²) in [4.78, 5) is 0. The molecule has 0 aliphatic heterocycles. The number of alkyl halides is 3. The van der Waals surface area contributed by atoms with Crippen LogP contribution in [0.4, 0.5) is 13.2 Å². The van der Waals surface area contributed by atoms with Gasteiger partial charge in [0.1, 0.15) is 0 Å². The van der Waals surface area contributed by atoms with Crippen molar-refractivity contribution >= 4 is 0 Å². The Morgan fingerprint density at radius 2 is 1.85 bits per heavy atom. The van der Waals surface area contributed by atoms with E-state index in [1.807, 2.05) is 12.1 Å². The molecule has 0 aliphatic carbocycles. The standard InChI is InChI=1S/C14H16F3N3/c1-10(2)18-7-11-3-5-13(6-4-11)20-9-12(8-19-20)14(15,16)17/h3-6,8-10,18H,7H2,1-2H3. The summed E-state index contributed by atoms with van der Waals surface area (Å²) in [6.07, 6.45) is -2.55. The second kappa shape index (κ2) is 5.66. The van der Waals surface area contributed by atoms with Crippen LogP contribution in [0.25, 0.3) is 5.69 Å². The van der Waals surface area contributed by atoms with Crippen molar-refractivity contribution in [2.24, 2.45) is 0 Å². The first-order valence-corrected chi connectivity index (χ1v) is 6.31. The fourth-order valence-electron chi connectivity index (χ4n) is 1.70. The van der Waals surface area contributed by atoms with Gasteiger partial charge in [0.25, 0.3) is 0 Å². The summed E-state index contributed by atoms with van der Waals surface area (Å²) in [7, 11) is 0. The van der Waals surface area contributed by atoms with E-state index >= 15 is 0 Å². The van der Waals surface area contributed by atoms with Crippen molar-refractivity contribution in [3.05, 3.63) is 47.8 Å². The lowest BCUT2D eigenvalue weighted by Gasteiger charge is -2.08. The van der Waals surface area contributed by atoms with E-state index in [1.54, 1.807) is 12.1 Å². The summed E-state index contributed by atoms with van der Waals surface area (Å²) in [5.41, 5.74) is 0.933. The third-order valence-electron chi connectivity index (χ3n) is 2.83. The summed E-state index contributed by atoms with van der Waals surface area (Å²) in [6.45, 7) is 4.83. The number of nitrogens with one attached hydrogen (secondary N) is 1. The molecule has 6 heteroatoms. The van der Waals surface area contributed by atoms with Crippen molar-refractivity contribution < 1.29 is 13.2 Å². The molecule has 0 spiro atoms. The van der Waals surface area contributed by atoms with Crippen LogP contribution in [-0.4, -0.2) is 15.8 Å². The zero-order valence-corrected chi connectivity index (χ0v) is 11.3. The molecule has 3 nitrogen and oxygen atoms in total. The summed E-state index contributed by atoms with van der Waals surface area (Å²) in [6, 6.07) is 7.64. The Labute approximate surface area is 115 Å². The molecule has 2 aromatic rings. The van der Waals surface area contributed by atoms with E-state index in [2.05, 4.69) is 24.3 Å². The maximum Gasteiger partial charge on any atom is 0.419 e. The highest BCUT2D eigenvalue weighted by atomic mass is 19.4. The van der Waals surface area contributed by atoms with Gasteiger partial charge in [-0.1, -0.05) is 26.0 Å². The van der Waals surface area contributed by atoms with Crippen LogP contribution in [0, 0.1) is 0 Å². The van der Waals surface area contributed by atoms with Gasteiger partial charge in [0.15, 0.2) is 0 Å². The molecular weight excluding hydrogens is 267 g/mol. The van der Waals surface area contributed by atoms with Gasteiger partial charge in [-0.25, -0.2) is 4.68 Å². The number of halogens is 3. The van der Waals surface area contributed by atoms with Crippen LogP contribution in [0.2, 0.25) is 0 Å². The molecule has 0 amide bonds. The molecule has 0 fully saturated rings. The minimum Gasteiger partial charge on any atom is -0.310 e. The number of benzene rings is 1. The fourth-order valence-corrected chi connectivity index (χ4v) is 1.70. The SMILES string of the molecule is CC(C)NCc1ccc(-n2cc(C(F)(F)F)cn2)cc1. The molecule has 0 saturated carbocycles. The zero-order valence-electron chi connectivity index (χ0n) is 11.3. The highest BCUT2D eigenvalue weighted by Gasteiger charge is 2.32. The van der Waals surface area contributed by atoms with Gasteiger partial charge in [-0.05, 0) is 17.7 Å². The Bertz CT molecular complexity index is 556. The lowest BCUT2D eigenvalue weighted by Crippen LogP contribution is -2.21. The molecule has 0 atom stereocenters. The second-order valence-electron chi connectivity index (χ2n) is 4.87. The lowest BCUT2D eigenvalue weighted by molar-refractivity contribution is -0.137. The fraction of sp³-hybridized carbons (Fsp3) is 0.357. The number of hydrogen-bond acceptors (Lipinski definition) is 2. The Kier molecular flexibility index (Phi) is 4.13. The van der Waals surface area contributed by atoms with Crippen LogP contribution >= 0.6 is 0 Å². The number of nitrogens with zero attached hydrogens (tertiary/aromatic N) is 2. The highest BCUT2D eigenvalue weighted by Crippen LogP contribution is 2.29. The predicted octanol–water partition coefficient (Wildman–Crippen LogP) is 3.39. The predicted molar refractivity (Wildman–Crippen MR) is 70.5 cm³/mol. The van der Waals surface area contributed by atoms with Crippen molar-refractivity contribution in [1.82, 2.24) is 15.1 Å². The average Bonchev–Trinajstić information content (AvgIpc) is 2.86. The van der Waals surface area contributed by atoms with E-state index in [0.29, 0.717) is 11.7 Å². The molecule has 108 valence electrons. The van der Waals surface area contributed by atoms with Gasteiger partial charge in [0, 0.05) is 18.8 Å². The van der Waals surface area contributed by atoms with Gasteiger partial charge >= 0.3 is 6.18 Å². The molecule has 2 rings (SSSR count). The lowest BCUT2D eigenvalue weighted by atomic mass is 10.2. The van der Waals surface area contributed by atoms with Gasteiger partial charge in [-0.15, -0.1) is 0 Å². The molecule has 1 aromatic carbocycles. The molecule has 0 bridgehead atoms. The van der Waals surface area contributed by atoms with E-state index < -0.39 is 11.7 Å². The molecule has 20 heavy (non-hydrogen) atoms. The second-order valence-corrected chi connectivity index (χ2v) is 4.87. The van der Waals surface area contributed by atoms with E-state index in [1.165, 1.54) is 4.68 Å². The molecule has 0 radical (unpaired) electrons. The third-order valence-corrected chi connectivity index (χ3v) is 2.83. The van der Waals surface area contributed by atoms with E-state index in [-0.39, 0.29) is 0 Å². The van der Waals surface area contributed by atoms with Crippen molar-refractivity contribution in [3.63, 3.8) is 0 Å². The molecule has 1 N–H and O–H groups in total. The smallest absolute Gasteiger partial charge is 0.310 e. The van der Waals surface area contributed by atoms with E-state index in [0.717, 1.165) is 24.5 Å². The first kappa shape index (κ1) is 14.6. The van der Waals surface area contributed by atoms with Crippen molar-refractivity contribution in [2.45, 2.75) is 32.6 Å². The van der Waals surface area contributed by atoms with Crippen LogP contribution in [0.3, 0.4) is 0 Å². The summed E-state index contributed by atoms with van der Waals surface area (Å²) < 4.78 is 38.7. The van der Waals surface area contributed by atoms with Gasteiger partial charge in [0.05, 0.1) is 17.4 Å². The first-order chi connectivity index (χ1) is 9.36. The third kappa shape index (κ3) is 3.60. The molecule has 0 aliphatic rings. The number of aromatic nitrogens is 2. The Morgan fingerprint density at radius 1 is 1.20 bits per heavy atom. The van der Waals surface area contributed by atoms with E-state index in [9.17, 15) is 13.2 Å². The van der Waals surface area contributed by atoms with Gasteiger partial charge in [-0.2, -0.15) is 18.3 Å². The highest BCUT2D eigenvalue weighted by molar-refractivity contribution is 5.34. The van der Waals surface area contributed by atoms with Gasteiger partial charge < -0.3 is 5.32 Å². The topological polar surface area (TPSA) is 29.9 Å². The Hall–Kier alpha value is -1.82. The minimum absolute atomic E-state index is 0.384. The van der Waals surface area contributed by atoms with Gasteiger partial charge in [0.2, 0.25) is 0 Å². The summed E-state index contributed by atoms with van der Waals surface area (Å²) in [5.74, 6) is 0. The average molecular weight is 283 g/mol. The minimum atomic E-state index is -4.36. The molecule has 1 aromatic heterocycles. The van der Waals surface area contributed by atoms with E-state index in [4.69, 9.17) is 0 Å².